The lowest BCUT2D eigenvalue weighted by atomic mass is 9.98. The summed E-state index contributed by atoms with van der Waals surface area (Å²) < 4.78 is 12.4. The topological polar surface area (TPSA) is 83.7 Å². The first-order valence-electron chi connectivity index (χ1n) is 11.0. The predicted molar refractivity (Wildman–Crippen MR) is 128 cm³/mol. The summed E-state index contributed by atoms with van der Waals surface area (Å²) in [6.07, 6.45) is 2.02. The zero-order chi connectivity index (χ0) is 23.8. The summed E-state index contributed by atoms with van der Waals surface area (Å²) in [5.41, 5.74) is 0.721. The molecule has 1 saturated heterocycles. The fraction of sp³-hybridized carbons (Fsp3) is 0.583. The van der Waals surface area contributed by atoms with E-state index in [1.807, 2.05) is 52.1 Å². The zero-order valence-electron chi connectivity index (χ0n) is 19.9. The van der Waals surface area contributed by atoms with E-state index in [4.69, 9.17) is 9.47 Å². The van der Waals surface area contributed by atoms with Gasteiger partial charge in [0.05, 0.1) is 12.6 Å². The van der Waals surface area contributed by atoms with Gasteiger partial charge < -0.3 is 24.7 Å². The van der Waals surface area contributed by atoms with Crippen LogP contribution in [0.2, 0.25) is 0 Å². The van der Waals surface area contributed by atoms with Crippen molar-refractivity contribution < 1.29 is 19.1 Å². The number of aromatic nitrogens is 1. The SMILES string of the molecule is CC(C)[C@H](NC(=O)OC(C)(C)C)C(=O)N1C(Cc2c[nH]c3cccc(Br)c23)COC1(C)C. The monoisotopic (exact) mass is 507 g/mol. The summed E-state index contributed by atoms with van der Waals surface area (Å²) in [4.78, 5) is 31.3. The highest BCUT2D eigenvalue weighted by molar-refractivity contribution is 9.10. The van der Waals surface area contributed by atoms with Crippen LogP contribution < -0.4 is 5.32 Å². The molecule has 1 unspecified atom stereocenters. The number of halogens is 1. The molecule has 1 aliphatic heterocycles. The first-order chi connectivity index (χ1) is 14.8. The molecule has 2 N–H and O–H groups in total. The van der Waals surface area contributed by atoms with Crippen LogP contribution in [-0.4, -0.2) is 51.9 Å². The van der Waals surface area contributed by atoms with Crippen molar-refractivity contribution in [2.24, 2.45) is 5.92 Å². The summed E-state index contributed by atoms with van der Waals surface area (Å²) in [7, 11) is 0. The quantitative estimate of drug-likeness (QED) is 0.597. The molecule has 2 atom stereocenters. The molecule has 1 aromatic carbocycles. The first-order valence-corrected chi connectivity index (χ1v) is 11.8. The van der Waals surface area contributed by atoms with Crippen molar-refractivity contribution in [1.29, 1.82) is 0 Å². The molecule has 0 radical (unpaired) electrons. The van der Waals surface area contributed by atoms with Gasteiger partial charge in [-0.1, -0.05) is 35.8 Å². The maximum Gasteiger partial charge on any atom is 0.408 e. The molecule has 2 heterocycles. The van der Waals surface area contributed by atoms with Crippen molar-refractivity contribution in [2.45, 2.75) is 78.3 Å². The molecule has 0 bridgehead atoms. The van der Waals surface area contributed by atoms with Gasteiger partial charge in [-0.2, -0.15) is 0 Å². The van der Waals surface area contributed by atoms with Gasteiger partial charge in [0.15, 0.2) is 0 Å². The lowest BCUT2D eigenvalue weighted by molar-refractivity contribution is -0.149. The Bertz CT molecular complexity index is 993. The third kappa shape index (κ3) is 5.29. The van der Waals surface area contributed by atoms with Crippen LogP contribution in [0.4, 0.5) is 4.79 Å². The Balaban J connectivity index is 1.86. The van der Waals surface area contributed by atoms with E-state index in [0.717, 1.165) is 20.9 Å². The van der Waals surface area contributed by atoms with Crippen LogP contribution in [-0.2, 0) is 20.7 Å². The van der Waals surface area contributed by atoms with E-state index < -0.39 is 23.5 Å². The third-order valence-electron chi connectivity index (χ3n) is 5.61. The highest BCUT2D eigenvalue weighted by Gasteiger charge is 2.46. The largest absolute Gasteiger partial charge is 0.444 e. The minimum absolute atomic E-state index is 0.116. The Morgan fingerprint density at radius 1 is 1.34 bits per heavy atom. The fourth-order valence-corrected chi connectivity index (χ4v) is 4.82. The van der Waals surface area contributed by atoms with Gasteiger partial charge >= 0.3 is 6.09 Å². The van der Waals surface area contributed by atoms with Crippen molar-refractivity contribution >= 4 is 38.8 Å². The van der Waals surface area contributed by atoms with Crippen LogP contribution in [0.15, 0.2) is 28.9 Å². The number of hydrogen-bond donors (Lipinski definition) is 2. The molecule has 1 fully saturated rings. The Hall–Kier alpha value is -2.06. The number of rotatable bonds is 5. The number of benzene rings is 1. The molecule has 176 valence electrons. The Morgan fingerprint density at radius 2 is 2.03 bits per heavy atom. The smallest absolute Gasteiger partial charge is 0.408 e. The van der Waals surface area contributed by atoms with Crippen LogP contribution in [0.25, 0.3) is 10.9 Å². The number of H-pyrrole nitrogens is 1. The molecule has 8 heteroatoms. The Morgan fingerprint density at radius 3 is 2.66 bits per heavy atom. The molecule has 0 saturated carbocycles. The number of nitrogens with one attached hydrogen (secondary N) is 2. The molecule has 0 aliphatic carbocycles. The molecule has 1 aliphatic rings. The molecule has 7 nitrogen and oxygen atoms in total. The highest BCUT2D eigenvalue weighted by Crippen LogP contribution is 2.34. The van der Waals surface area contributed by atoms with E-state index in [-0.39, 0.29) is 17.9 Å². The lowest BCUT2D eigenvalue weighted by Gasteiger charge is -2.37. The average Bonchev–Trinajstić information content (AvgIpc) is 3.19. The third-order valence-corrected chi connectivity index (χ3v) is 6.27. The first kappa shape index (κ1) is 24.6. The number of fused-ring (bicyclic) bond motifs is 1. The van der Waals surface area contributed by atoms with Gasteiger partial charge in [-0.25, -0.2) is 4.79 Å². The predicted octanol–water partition coefficient (Wildman–Crippen LogP) is 4.99. The normalized spacial score (nSPS) is 19.4. The maximum atomic E-state index is 13.7. The summed E-state index contributed by atoms with van der Waals surface area (Å²) in [6.45, 7) is 13.4. The average molecular weight is 508 g/mol. The molecular formula is C24H34BrN3O4. The lowest BCUT2D eigenvalue weighted by Crippen LogP contribution is -2.58. The molecule has 32 heavy (non-hydrogen) atoms. The van der Waals surface area contributed by atoms with Gasteiger partial charge in [-0.15, -0.1) is 0 Å². The number of nitrogens with zero attached hydrogens (tertiary/aromatic N) is 1. The highest BCUT2D eigenvalue weighted by atomic mass is 79.9. The number of hydrogen-bond acceptors (Lipinski definition) is 4. The minimum Gasteiger partial charge on any atom is -0.444 e. The van der Waals surface area contributed by atoms with Crippen molar-refractivity contribution in [3.05, 3.63) is 34.4 Å². The van der Waals surface area contributed by atoms with E-state index in [1.54, 1.807) is 25.7 Å². The molecule has 3 rings (SSSR count). The number of ether oxygens (including phenoxy) is 2. The summed E-state index contributed by atoms with van der Waals surface area (Å²) in [6, 6.07) is 5.14. The van der Waals surface area contributed by atoms with Crippen LogP contribution in [0.5, 0.6) is 0 Å². The molecule has 2 amide bonds. The van der Waals surface area contributed by atoms with Gasteiger partial charge in [0, 0.05) is 21.6 Å². The van der Waals surface area contributed by atoms with Gasteiger partial charge in [-0.05, 0) is 64.7 Å². The number of amides is 2. The molecule has 1 aromatic heterocycles. The van der Waals surface area contributed by atoms with Crippen LogP contribution >= 0.6 is 15.9 Å². The van der Waals surface area contributed by atoms with E-state index in [1.165, 1.54) is 0 Å². The molecular weight excluding hydrogens is 474 g/mol. The van der Waals surface area contributed by atoms with Gasteiger partial charge in [0.25, 0.3) is 0 Å². The zero-order valence-corrected chi connectivity index (χ0v) is 21.5. The van der Waals surface area contributed by atoms with Gasteiger partial charge in [0.1, 0.15) is 17.4 Å². The standard InChI is InChI=1S/C24H34BrN3O4/c1-14(2)20(27-22(30)32-23(3,4)5)21(29)28-16(13-31-24(28,6)7)11-15-12-26-18-10-8-9-17(25)19(15)18/h8-10,12,14,16,20,26H,11,13H2,1-7H3,(H,27,30)/t16?,20-/m0/s1. The fourth-order valence-electron chi connectivity index (χ4n) is 4.20. The van der Waals surface area contributed by atoms with E-state index in [2.05, 4.69) is 26.2 Å². The van der Waals surface area contributed by atoms with E-state index >= 15 is 0 Å². The summed E-state index contributed by atoms with van der Waals surface area (Å²) >= 11 is 3.64. The van der Waals surface area contributed by atoms with Crippen molar-refractivity contribution in [2.75, 3.05) is 6.61 Å². The molecule has 2 aromatic rings. The molecule has 0 spiro atoms. The van der Waals surface area contributed by atoms with E-state index in [0.29, 0.717) is 13.0 Å². The second kappa shape index (κ2) is 9.06. The Kier molecular flexibility index (Phi) is 6.96. The number of carbonyl (C=O) groups is 2. The van der Waals surface area contributed by atoms with Crippen LogP contribution in [0.3, 0.4) is 0 Å². The minimum atomic E-state index is -0.784. The van der Waals surface area contributed by atoms with Crippen molar-refractivity contribution in [1.82, 2.24) is 15.2 Å². The van der Waals surface area contributed by atoms with Crippen molar-refractivity contribution in [3.63, 3.8) is 0 Å². The van der Waals surface area contributed by atoms with Crippen molar-refractivity contribution in [3.8, 4) is 0 Å². The maximum absolute atomic E-state index is 13.7. The van der Waals surface area contributed by atoms with Gasteiger partial charge in [-0.3, -0.25) is 4.79 Å². The summed E-state index contributed by atoms with van der Waals surface area (Å²) in [5, 5.41) is 3.89. The van der Waals surface area contributed by atoms with E-state index in [9.17, 15) is 9.59 Å². The van der Waals surface area contributed by atoms with Crippen LogP contribution in [0.1, 0.15) is 54.0 Å². The number of aromatic amines is 1. The Labute approximate surface area is 198 Å². The van der Waals surface area contributed by atoms with Gasteiger partial charge in [0.2, 0.25) is 5.91 Å². The van der Waals surface area contributed by atoms with Crippen LogP contribution in [0, 0.1) is 5.92 Å². The number of alkyl carbamates (subject to hydrolysis) is 1. The summed E-state index contributed by atoms with van der Waals surface area (Å²) in [5.74, 6) is -0.286. The number of carbonyl (C=O) groups excluding carboxylic acids is 2. The second-order valence-corrected chi connectivity index (χ2v) is 11.0. The second-order valence-electron chi connectivity index (χ2n) is 10.2.